The number of Topliss-reactive ketones (excluding diaryl/α,β-unsaturated/α-hetero) is 1. The number of amides is 1. The van der Waals surface area contributed by atoms with Crippen LogP contribution in [0.2, 0.25) is 5.02 Å². The van der Waals surface area contributed by atoms with Crippen LogP contribution < -0.4 is 11.1 Å². The van der Waals surface area contributed by atoms with E-state index in [9.17, 15) is 14.4 Å². The highest BCUT2D eigenvalue weighted by Gasteiger charge is 2.16. The standard InChI is InChI=1S/C16H15ClN2O4S/c1-9(20)19-7-11-3-5-15(24-11)14(21)8-23-16(22)12-4-2-10(17)6-13(12)18/h2-6H,7-8,18H2,1H3,(H,19,20). The molecular formula is C16H15ClN2O4S. The van der Waals surface area contributed by atoms with Crippen LogP contribution in [0.25, 0.3) is 0 Å². The molecule has 0 unspecified atom stereocenters. The van der Waals surface area contributed by atoms with Crippen molar-refractivity contribution >= 4 is 46.3 Å². The number of rotatable bonds is 6. The van der Waals surface area contributed by atoms with Crippen LogP contribution in [0.1, 0.15) is 31.8 Å². The van der Waals surface area contributed by atoms with Crippen molar-refractivity contribution in [2.75, 3.05) is 12.3 Å². The highest BCUT2D eigenvalue weighted by atomic mass is 35.5. The van der Waals surface area contributed by atoms with Crippen molar-refractivity contribution in [3.8, 4) is 0 Å². The molecule has 6 nitrogen and oxygen atoms in total. The Labute approximate surface area is 147 Å². The second-order valence-electron chi connectivity index (χ2n) is 4.91. The Hall–Kier alpha value is -2.38. The number of ketones is 1. The zero-order valence-corrected chi connectivity index (χ0v) is 14.4. The first-order valence-corrected chi connectivity index (χ1v) is 8.14. The van der Waals surface area contributed by atoms with Crippen LogP contribution in [0, 0.1) is 0 Å². The molecule has 24 heavy (non-hydrogen) atoms. The van der Waals surface area contributed by atoms with Crippen LogP contribution in [0.3, 0.4) is 0 Å². The summed E-state index contributed by atoms with van der Waals surface area (Å²) in [6, 6.07) is 7.78. The molecule has 1 aromatic carbocycles. The predicted octanol–water partition coefficient (Wildman–Crippen LogP) is 2.66. The summed E-state index contributed by atoms with van der Waals surface area (Å²) in [5, 5.41) is 3.05. The van der Waals surface area contributed by atoms with E-state index in [4.69, 9.17) is 22.1 Å². The lowest BCUT2D eigenvalue weighted by atomic mass is 10.2. The first kappa shape index (κ1) is 18.0. The number of nitrogen functional groups attached to an aromatic ring is 1. The van der Waals surface area contributed by atoms with Gasteiger partial charge in [0.2, 0.25) is 11.7 Å². The molecule has 0 radical (unpaired) electrons. The summed E-state index contributed by atoms with van der Waals surface area (Å²) in [6.07, 6.45) is 0. The molecule has 0 fully saturated rings. The van der Waals surface area contributed by atoms with Crippen molar-refractivity contribution in [3.05, 3.63) is 50.7 Å². The number of nitrogens with one attached hydrogen (secondary N) is 1. The fourth-order valence-corrected chi connectivity index (χ4v) is 2.89. The zero-order chi connectivity index (χ0) is 17.7. The van der Waals surface area contributed by atoms with Gasteiger partial charge in [-0.2, -0.15) is 0 Å². The lowest BCUT2D eigenvalue weighted by Crippen LogP contribution is -2.18. The molecule has 0 atom stereocenters. The summed E-state index contributed by atoms with van der Waals surface area (Å²) in [7, 11) is 0. The van der Waals surface area contributed by atoms with Gasteiger partial charge in [0, 0.05) is 22.5 Å². The molecule has 1 aromatic heterocycles. The number of halogens is 1. The molecule has 8 heteroatoms. The Balaban J connectivity index is 1.93. The highest BCUT2D eigenvalue weighted by Crippen LogP contribution is 2.20. The van der Waals surface area contributed by atoms with E-state index in [2.05, 4.69) is 5.32 Å². The van der Waals surface area contributed by atoms with Gasteiger partial charge in [-0.15, -0.1) is 11.3 Å². The quantitative estimate of drug-likeness (QED) is 0.465. The Morgan fingerprint density at radius 3 is 2.67 bits per heavy atom. The van der Waals surface area contributed by atoms with Crippen LogP contribution in [0.4, 0.5) is 5.69 Å². The van der Waals surface area contributed by atoms with E-state index in [0.29, 0.717) is 16.4 Å². The Bertz CT molecular complexity index is 788. The molecule has 3 N–H and O–H groups in total. The largest absolute Gasteiger partial charge is 0.454 e. The average Bonchev–Trinajstić information content (AvgIpc) is 2.99. The van der Waals surface area contributed by atoms with E-state index >= 15 is 0 Å². The fourth-order valence-electron chi connectivity index (χ4n) is 1.83. The van der Waals surface area contributed by atoms with Gasteiger partial charge in [0.1, 0.15) is 0 Å². The minimum Gasteiger partial charge on any atom is -0.454 e. The van der Waals surface area contributed by atoms with Gasteiger partial charge >= 0.3 is 5.97 Å². The molecule has 2 aromatic rings. The fraction of sp³-hybridized carbons (Fsp3) is 0.188. The second kappa shape index (κ2) is 7.94. The van der Waals surface area contributed by atoms with E-state index in [-0.39, 0.29) is 29.5 Å². The number of carbonyl (C=O) groups excluding carboxylic acids is 3. The van der Waals surface area contributed by atoms with Crippen LogP contribution in [-0.4, -0.2) is 24.3 Å². The first-order chi connectivity index (χ1) is 11.4. The third kappa shape index (κ3) is 4.81. The molecule has 0 saturated heterocycles. The van der Waals surface area contributed by atoms with E-state index in [0.717, 1.165) is 4.88 Å². The third-order valence-corrected chi connectivity index (χ3v) is 4.38. The van der Waals surface area contributed by atoms with Gasteiger partial charge in [0.15, 0.2) is 6.61 Å². The number of hydrogen-bond acceptors (Lipinski definition) is 6. The van der Waals surface area contributed by atoms with Gasteiger partial charge in [-0.25, -0.2) is 4.79 Å². The van der Waals surface area contributed by atoms with Crippen LogP contribution in [-0.2, 0) is 16.1 Å². The summed E-state index contributed by atoms with van der Waals surface area (Å²) < 4.78 is 5.00. The highest BCUT2D eigenvalue weighted by molar-refractivity contribution is 7.14. The summed E-state index contributed by atoms with van der Waals surface area (Å²) in [4.78, 5) is 36.2. The molecule has 0 spiro atoms. The first-order valence-electron chi connectivity index (χ1n) is 6.95. The summed E-state index contributed by atoms with van der Waals surface area (Å²) in [5.74, 6) is -1.16. The molecule has 0 aliphatic carbocycles. The minimum atomic E-state index is -0.687. The van der Waals surface area contributed by atoms with Crippen molar-refractivity contribution in [1.29, 1.82) is 0 Å². The molecule has 2 rings (SSSR count). The Kier molecular flexibility index (Phi) is 5.94. The molecule has 0 aliphatic heterocycles. The number of carbonyl (C=O) groups is 3. The van der Waals surface area contributed by atoms with E-state index in [1.54, 1.807) is 12.1 Å². The number of nitrogens with two attached hydrogens (primary N) is 1. The predicted molar refractivity (Wildman–Crippen MR) is 92.3 cm³/mol. The number of ether oxygens (including phenoxy) is 1. The number of benzene rings is 1. The summed E-state index contributed by atoms with van der Waals surface area (Å²) >= 11 is 7.00. The monoisotopic (exact) mass is 366 g/mol. The lowest BCUT2D eigenvalue weighted by Gasteiger charge is -2.06. The smallest absolute Gasteiger partial charge is 0.340 e. The Morgan fingerprint density at radius 2 is 2.00 bits per heavy atom. The third-order valence-electron chi connectivity index (χ3n) is 3.02. The molecule has 0 bridgehead atoms. The van der Waals surface area contributed by atoms with Gasteiger partial charge in [0.25, 0.3) is 0 Å². The summed E-state index contributed by atoms with van der Waals surface area (Å²) in [5.41, 5.74) is 6.04. The van der Waals surface area contributed by atoms with E-state index < -0.39 is 5.97 Å². The maximum atomic E-state index is 12.1. The number of anilines is 1. The van der Waals surface area contributed by atoms with Gasteiger partial charge < -0.3 is 15.8 Å². The van der Waals surface area contributed by atoms with Crippen LogP contribution in [0.15, 0.2) is 30.3 Å². The molecule has 0 aliphatic rings. The van der Waals surface area contributed by atoms with Crippen molar-refractivity contribution in [1.82, 2.24) is 5.32 Å². The van der Waals surface area contributed by atoms with Gasteiger partial charge in [-0.1, -0.05) is 11.6 Å². The molecule has 126 valence electrons. The topological polar surface area (TPSA) is 98.5 Å². The van der Waals surface area contributed by atoms with Crippen molar-refractivity contribution in [3.63, 3.8) is 0 Å². The number of esters is 1. The van der Waals surface area contributed by atoms with Crippen LogP contribution >= 0.6 is 22.9 Å². The maximum Gasteiger partial charge on any atom is 0.340 e. The van der Waals surface area contributed by atoms with Gasteiger partial charge in [-0.05, 0) is 30.3 Å². The Morgan fingerprint density at radius 1 is 1.25 bits per heavy atom. The maximum absolute atomic E-state index is 12.1. The van der Waals surface area contributed by atoms with Gasteiger partial charge in [-0.3, -0.25) is 9.59 Å². The van der Waals surface area contributed by atoms with Crippen molar-refractivity contribution in [2.24, 2.45) is 0 Å². The van der Waals surface area contributed by atoms with Crippen LogP contribution in [0.5, 0.6) is 0 Å². The molecule has 0 saturated carbocycles. The van der Waals surface area contributed by atoms with Crippen molar-refractivity contribution < 1.29 is 19.1 Å². The number of hydrogen-bond donors (Lipinski definition) is 2. The van der Waals surface area contributed by atoms with E-state index in [1.807, 2.05) is 0 Å². The normalized spacial score (nSPS) is 10.2. The zero-order valence-electron chi connectivity index (χ0n) is 12.8. The minimum absolute atomic E-state index is 0.147. The number of thiophene rings is 1. The van der Waals surface area contributed by atoms with Crippen molar-refractivity contribution in [2.45, 2.75) is 13.5 Å². The molecular weight excluding hydrogens is 352 g/mol. The second-order valence-corrected chi connectivity index (χ2v) is 6.51. The SMILES string of the molecule is CC(=O)NCc1ccc(C(=O)COC(=O)c2ccc(Cl)cc2N)s1. The summed E-state index contributed by atoms with van der Waals surface area (Å²) in [6.45, 7) is 1.39. The average molecular weight is 367 g/mol. The van der Waals surface area contributed by atoms with Gasteiger partial charge in [0.05, 0.1) is 17.0 Å². The lowest BCUT2D eigenvalue weighted by molar-refractivity contribution is -0.119. The molecule has 1 heterocycles. The molecule has 1 amide bonds. The van der Waals surface area contributed by atoms with E-state index in [1.165, 1.54) is 36.5 Å².